The van der Waals surface area contributed by atoms with E-state index in [-0.39, 0.29) is 16.3 Å². The molecule has 0 saturated heterocycles. The zero-order valence-corrected chi connectivity index (χ0v) is 8.60. The lowest BCUT2D eigenvalue weighted by molar-refractivity contribution is 0.203. The maximum atomic E-state index is 11.1. The molecule has 1 aromatic carbocycles. The third kappa shape index (κ3) is 4.00. The molecule has 0 aromatic heterocycles. The van der Waals surface area contributed by atoms with Crippen LogP contribution in [0.15, 0.2) is 29.3 Å². The minimum Gasteiger partial charge on any atom is -0.410 e. The van der Waals surface area contributed by atoms with E-state index in [1.54, 1.807) is 0 Å². The van der Waals surface area contributed by atoms with Gasteiger partial charge in [0, 0.05) is 35.3 Å². The average Bonchev–Trinajstić information content (AvgIpc) is 2.36. The molecule has 0 spiro atoms. The van der Waals surface area contributed by atoms with Crippen molar-refractivity contribution in [3.63, 3.8) is 0 Å². The van der Waals surface area contributed by atoms with Crippen LogP contribution in [0.1, 0.15) is 8.22 Å². The Morgan fingerprint density at radius 2 is 2.44 bits per heavy atom. The van der Waals surface area contributed by atoms with E-state index in [4.69, 9.17) is 13.0 Å². The van der Waals surface area contributed by atoms with Crippen LogP contribution in [0.25, 0.3) is 0 Å². The quantitative estimate of drug-likeness (QED) is 0.630. The van der Waals surface area contributed by atoms with Gasteiger partial charge >= 0.3 is 6.09 Å². The van der Waals surface area contributed by atoms with Gasteiger partial charge in [-0.05, 0) is 12.1 Å². The minimum absolute atomic E-state index is 0.184. The molecular weight excluding hydrogens is 206 g/mol. The Labute approximate surface area is 103 Å². The van der Waals surface area contributed by atoms with E-state index < -0.39 is 20.0 Å². The fraction of sp³-hybridized carbons (Fsp3) is 0.273. The highest BCUT2D eigenvalue weighted by molar-refractivity contribution is 5.70. The van der Waals surface area contributed by atoms with Crippen LogP contribution in [0.2, 0.25) is 0 Å². The van der Waals surface area contributed by atoms with Gasteiger partial charge in [-0.15, -0.1) is 0 Å². The molecule has 0 atom stereocenters. The Morgan fingerprint density at radius 3 is 3.12 bits per heavy atom. The Bertz CT molecular complexity index is 541. The lowest BCUT2D eigenvalue weighted by Gasteiger charge is -2.05. The van der Waals surface area contributed by atoms with E-state index in [9.17, 15) is 4.79 Å². The summed E-state index contributed by atoms with van der Waals surface area (Å²) >= 11 is 0. The molecule has 0 aliphatic heterocycles. The molecule has 0 aliphatic carbocycles. The number of ether oxygens (including phenoxy) is 1. The van der Waals surface area contributed by atoms with Gasteiger partial charge in [0.15, 0.2) is 0 Å². The minimum atomic E-state index is -2.86. The van der Waals surface area contributed by atoms with Gasteiger partial charge in [-0.2, -0.15) is 0 Å². The first-order valence-corrected chi connectivity index (χ1v) is 4.37. The van der Waals surface area contributed by atoms with Gasteiger partial charge < -0.3 is 15.0 Å². The fourth-order valence-electron chi connectivity index (χ4n) is 0.910. The molecule has 0 unspecified atom stereocenters. The number of nitrogens with zero attached hydrogens (tertiary/aromatic N) is 2. The highest BCUT2D eigenvalue weighted by Crippen LogP contribution is 2.19. The predicted octanol–water partition coefficient (Wildman–Crippen LogP) is 1.63. The number of hydrogen-bond acceptors (Lipinski definition) is 3. The van der Waals surface area contributed by atoms with Crippen molar-refractivity contribution in [3.8, 4) is 5.75 Å². The number of aliphatic imine (C=N–C) groups is 1. The number of benzene rings is 1. The maximum Gasteiger partial charge on any atom is 0.412 e. The first-order chi connectivity index (χ1) is 10.0. The first-order valence-electron chi connectivity index (χ1n) is 7.37. The van der Waals surface area contributed by atoms with E-state index in [2.05, 4.69) is 10.3 Å². The van der Waals surface area contributed by atoms with Crippen LogP contribution in [0.5, 0.6) is 5.75 Å². The highest BCUT2D eigenvalue weighted by atomic mass is 16.5. The highest BCUT2D eigenvalue weighted by Gasteiger charge is 2.01. The zero-order valence-electron chi connectivity index (χ0n) is 14.6. The molecule has 5 heteroatoms. The molecule has 1 N–H and O–H groups in total. The second kappa shape index (κ2) is 5.75. The van der Waals surface area contributed by atoms with Crippen LogP contribution in [-0.4, -0.2) is 38.3 Å². The lowest BCUT2D eigenvalue weighted by Crippen LogP contribution is -2.21. The Hall–Kier alpha value is -2.04. The number of amides is 1. The smallest absolute Gasteiger partial charge is 0.410 e. The number of hydrogen-bond donors (Lipinski definition) is 1. The summed E-state index contributed by atoms with van der Waals surface area (Å²) < 4.78 is 48.1. The molecule has 0 radical (unpaired) electrons. The molecule has 16 heavy (non-hydrogen) atoms. The number of rotatable bonds is 3. The van der Waals surface area contributed by atoms with Crippen molar-refractivity contribution >= 4 is 18.1 Å². The summed E-state index contributed by atoms with van der Waals surface area (Å²) in [5.74, 6) is 0.184. The third-order valence-corrected chi connectivity index (χ3v) is 1.55. The van der Waals surface area contributed by atoms with E-state index in [0.29, 0.717) is 0 Å². The molecule has 5 nitrogen and oxygen atoms in total. The summed E-state index contributed by atoms with van der Waals surface area (Å²) in [5, 5.41) is 2.27. The Morgan fingerprint density at radius 1 is 1.62 bits per heavy atom. The van der Waals surface area contributed by atoms with Gasteiger partial charge in [-0.25, -0.2) is 9.79 Å². The van der Waals surface area contributed by atoms with E-state index in [1.807, 2.05) is 0 Å². The van der Waals surface area contributed by atoms with Crippen molar-refractivity contribution in [2.75, 3.05) is 21.0 Å². The summed E-state index contributed by atoms with van der Waals surface area (Å²) in [6.07, 6.45) is 0.0478. The van der Waals surface area contributed by atoms with Gasteiger partial charge in [0.25, 0.3) is 0 Å². The first kappa shape index (κ1) is 5.89. The second-order valence-corrected chi connectivity index (χ2v) is 2.75. The van der Waals surface area contributed by atoms with Crippen molar-refractivity contribution in [2.24, 2.45) is 4.99 Å². The normalized spacial score (nSPS) is 17.3. The molecule has 0 heterocycles. The Balaban J connectivity index is 2.97. The van der Waals surface area contributed by atoms with Crippen LogP contribution in [-0.2, 0) is 0 Å². The maximum absolute atomic E-state index is 11.1. The van der Waals surface area contributed by atoms with Gasteiger partial charge in [0.1, 0.15) is 5.75 Å². The topological polar surface area (TPSA) is 53.9 Å². The van der Waals surface area contributed by atoms with Gasteiger partial charge in [-0.1, -0.05) is 6.07 Å². The standard InChI is InChI=1S/C11H15N3O2/c1-12-11(15)16-10-6-4-5-9(7-10)13-8-14(2)3/h4-8H,1-3H3,(H,12,15)/i2D3,3D3. The number of carbonyl (C=O) groups is 1. The van der Waals surface area contributed by atoms with Crippen molar-refractivity contribution in [3.05, 3.63) is 24.3 Å². The SMILES string of the molecule is [2H]C([2H])([2H])N(C=Nc1cccc(OC(=O)NC)c1)C([2H])([2H])[2H]. The average molecular weight is 227 g/mol. The third-order valence-electron chi connectivity index (χ3n) is 1.55. The van der Waals surface area contributed by atoms with E-state index in [0.717, 1.165) is 6.34 Å². The molecule has 0 aliphatic rings. The van der Waals surface area contributed by atoms with Crippen LogP contribution in [0.3, 0.4) is 0 Å². The number of nitrogens with one attached hydrogen (secondary N) is 1. The van der Waals surface area contributed by atoms with Gasteiger partial charge in [-0.3, -0.25) is 0 Å². The van der Waals surface area contributed by atoms with Crippen molar-refractivity contribution < 1.29 is 17.8 Å². The van der Waals surface area contributed by atoms with Crippen molar-refractivity contribution in [1.29, 1.82) is 0 Å². The molecule has 1 aromatic rings. The molecule has 0 bridgehead atoms. The zero-order chi connectivity index (χ0) is 17.0. The van der Waals surface area contributed by atoms with Crippen LogP contribution < -0.4 is 10.1 Å². The lowest BCUT2D eigenvalue weighted by atomic mass is 10.3. The summed E-state index contributed by atoms with van der Waals surface area (Å²) in [7, 11) is 1.40. The summed E-state index contributed by atoms with van der Waals surface area (Å²) in [6.45, 7) is -5.71. The monoisotopic (exact) mass is 227 g/mol. The molecule has 1 rings (SSSR count). The van der Waals surface area contributed by atoms with E-state index >= 15 is 0 Å². The molecular formula is C11H15N3O2. The van der Waals surface area contributed by atoms with Crippen LogP contribution >= 0.6 is 0 Å². The molecule has 86 valence electrons. The van der Waals surface area contributed by atoms with Gasteiger partial charge in [0.2, 0.25) is 0 Å². The van der Waals surface area contributed by atoms with Crippen molar-refractivity contribution in [1.82, 2.24) is 10.2 Å². The predicted molar refractivity (Wildman–Crippen MR) is 63.4 cm³/mol. The fourth-order valence-corrected chi connectivity index (χ4v) is 0.910. The van der Waals surface area contributed by atoms with Gasteiger partial charge in [0.05, 0.1) is 12.0 Å². The molecule has 0 saturated carbocycles. The largest absolute Gasteiger partial charge is 0.412 e. The summed E-state index contributed by atoms with van der Waals surface area (Å²) in [6, 6.07) is 5.90. The van der Waals surface area contributed by atoms with Crippen molar-refractivity contribution in [2.45, 2.75) is 0 Å². The van der Waals surface area contributed by atoms with E-state index in [1.165, 1.54) is 31.3 Å². The molecule has 1 amide bonds. The Kier molecular flexibility index (Phi) is 2.11. The second-order valence-electron chi connectivity index (χ2n) is 2.75. The number of carbonyl (C=O) groups excluding carboxylic acids is 1. The summed E-state index contributed by atoms with van der Waals surface area (Å²) in [5.41, 5.74) is 0.236. The summed E-state index contributed by atoms with van der Waals surface area (Å²) in [4.78, 5) is 15.1. The molecule has 0 fully saturated rings. The van der Waals surface area contributed by atoms with Crippen LogP contribution in [0.4, 0.5) is 10.5 Å². The van der Waals surface area contributed by atoms with Crippen LogP contribution in [0, 0.1) is 0 Å².